The summed E-state index contributed by atoms with van der Waals surface area (Å²) in [4.78, 5) is 25.2. The molecular weight excluding hydrogens is 264 g/mol. The topological polar surface area (TPSA) is 77.1 Å². The van der Waals surface area contributed by atoms with Gasteiger partial charge in [0.1, 0.15) is 12.1 Å². The molecule has 104 valence electrons. The van der Waals surface area contributed by atoms with E-state index in [9.17, 15) is 9.59 Å². The van der Waals surface area contributed by atoms with Crippen LogP contribution in [0.2, 0.25) is 0 Å². The standard InChI is InChI=1S/C13H12N2O5/c16-12-9-4-8(20-12)5-15(9)13(17)14-7-1-2-10-11(3-7)19-6-18-10/h1-3,8-9H,4-6H2,(H,14,17)/t8-,9+/m0/s1. The Bertz CT molecular complexity index is 602. The molecule has 2 amide bonds. The molecule has 2 saturated heterocycles. The Kier molecular flexibility index (Phi) is 2.29. The molecule has 0 aliphatic carbocycles. The minimum Gasteiger partial charge on any atom is -0.459 e. The van der Waals surface area contributed by atoms with E-state index < -0.39 is 6.04 Å². The lowest BCUT2D eigenvalue weighted by atomic mass is 10.2. The van der Waals surface area contributed by atoms with Gasteiger partial charge in [0.2, 0.25) is 6.79 Å². The summed E-state index contributed by atoms with van der Waals surface area (Å²) >= 11 is 0. The number of amides is 2. The van der Waals surface area contributed by atoms with Crippen LogP contribution < -0.4 is 14.8 Å². The van der Waals surface area contributed by atoms with Crippen LogP contribution in [0.4, 0.5) is 10.5 Å². The van der Waals surface area contributed by atoms with Crippen LogP contribution in [0.15, 0.2) is 18.2 Å². The van der Waals surface area contributed by atoms with Gasteiger partial charge >= 0.3 is 12.0 Å². The van der Waals surface area contributed by atoms with Gasteiger partial charge in [0.25, 0.3) is 0 Å². The molecule has 3 aliphatic heterocycles. The average molecular weight is 276 g/mol. The third-order valence-electron chi connectivity index (χ3n) is 3.70. The van der Waals surface area contributed by atoms with Gasteiger partial charge < -0.3 is 24.4 Å². The van der Waals surface area contributed by atoms with Crippen LogP contribution in [0.5, 0.6) is 11.5 Å². The third-order valence-corrected chi connectivity index (χ3v) is 3.70. The SMILES string of the molecule is O=C1O[C@H]2C[C@H]1N(C(=O)Nc1ccc3c(c1)OCO3)C2. The van der Waals surface area contributed by atoms with E-state index in [1.54, 1.807) is 18.2 Å². The number of morpholine rings is 1. The van der Waals surface area contributed by atoms with Gasteiger partial charge in [0.05, 0.1) is 6.54 Å². The Morgan fingerprint density at radius 2 is 2.15 bits per heavy atom. The van der Waals surface area contributed by atoms with E-state index in [1.165, 1.54) is 4.90 Å². The van der Waals surface area contributed by atoms with E-state index in [0.717, 1.165) is 0 Å². The molecule has 1 aromatic rings. The summed E-state index contributed by atoms with van der Waals surface area (Å²) in [5.74, 6) is 0.944. The Hall–Kier alpha value is -2.44. The first kappa shape index (κ1) is 11.4. The van der Waals surface area contributed by atoms with Crippen molar-refractivity contribution in [3.63, 3.8) is 0 Å². The molecule has 1 N–H and O–H groups in total. The Morgan fingerprint density at radius 1 is 1.30 bits per heavy atom. The predicted octanol–water partition coefficient (Wildman–Crippen LogP) is 0.947. The number of esters is 1. The van der Waals surface area contributed by atoms with Crippen LogP contribution in [0.3, 0.4) is 0 Å². The molecule has 2 fully saturated rings. The Morgan fingerprint density at radius 3 is 2.95 bits per heavy atom. The van der Waals surface area contributed by atoms with Crippen molar-refractivity contribution in [3.8, 4) is 11.5 Å². The molecule has 0 radical (unpaired) electrons. The number of benzene rings is 1. The third kappa shape index (κ3) is 1.66. The van der Waals surface area contributed by atoms with Crippen molar-refractivity contribution in [1.29, 1.82) is 0 Å². The summed E-state index contributed by atoms with van der Waals surface area (Å²) in [5.41, 5.74) is 0.607. The van der Waals surface area contributed by atoms with Gasteiger partial charge in [0, 0.05) is 18.2 Å². The zero-order valence-corrected chi connectivity index (χ0v) is 10.5. The van der Waals surface area contributed by atoms with Crippen LogP contribution in [0.1, 0.15) is 6.42 Å². The number of fused-ring (bicyclic) bond motifs is 3. The lowest BCUT2D eigenvalue weighted by Crippen LogP contribution is -2.46. The van der Waals surface area contributed by atoms with E-state index in [-0.39, 0.29) is 24.9 Å². The van der Waals surface area contributed by atoms with Crippen molar-refractivity contribution in [2.24, 2.45) is 0 Å². The minimum absolute atomic E-state index is 0.157. The van der Waals surface area contributed by atoms with Crippen molar-refractivity contribution in [2.75, 3.05) is 18.7 Å². The fraction of sp³-hybridized carbons (Fsp3) is 0.385. The molecule has 4 rings (SSSR count). The molecule has 0 spiro atoms. The fourth-order valence-corrected chi connectivity index (χ4v) is 2.74. The fourth-order valence-electron chi connectivity index (χ4n) is 2.74. The van der Waals surface area contributed by atoms with E-state index >= 15 is 0 Å². The number of ether oxygens (including phenoxy) is 3. The largest absolute Gasteiger partial charge is 0.459 e. The monoisotopic (exact) mass is 276 g/mol. The first-order valence-corrected chi connectivity index (χ1v) is 6.38. The van der Waals surface area contributed by atoms with Gasteiger partial charge in [-0.1, -0.05) is 0 Å². The summed E-state index contributed by atoms with van der Waals surface area (Å²) in [6.07, 6.45) is 0.433. The number of urea groups is 1. The molecule has 0 unspecified atom stereocenters. The first-order valence-electron chi connectivity index (χ1n) is 6.38. The number of hydrogen-bond donors (Lipinski definition) is 1. The van der Waals surface area contributed by atoms with Crippen LogP contribution in [0, 0.1) is 0 Å². The molecule has 7 heteroatoms. The number of likely N-dealkylation sites (tertiary alicyclic amines) is 1. The summed E-state index contributed by atoms with van der Waals surface area (Å²) in [5, 5.41) is 2.76. The number of carbonyl (C=O) groups is 2. The highest BCUT2D eigenvalue weighted by Crippen LogP contribution is 2.35. The molecule has 0 aromatic heterocycles. The second-order valence-electron chi connectivity index (χ2n) is 4.96. The number of nitrogens with zero attached hydrogens (tertiary/aromatic N) is 1. The number of hydrogen-bond acceptors (Lipinski definition) is 5. The maximum Gasteiger partial charge on any atom is 0.329 e. The number of nitrogens with one attached hydrogen (secondary N) is 1. The lowest BCUT2D eigenvalue weighted by molar-refractivity contribution is -0.149. The van der Waals surface area contributed by atoms with Crippen molar-refractivity contribution in [1.82, 2.24) is 4.90 Å². The summed E-state index contributed by atoms with van der Waals surface area (Å²) in [6, 6.07) is 4.43. The molecule has 0 saturated carbocycles. The maximum absolute atomic E-state index is 12.2. The van der Waals surface area contributed by atoms with Crippen molar-refractivity contribution in [2.45, 2.75) is 18.6 Å². The molecule has 7 nitrogen and oxygen atoms in total. The first-order chi connectivity index (χ1) is 9.70. The second kappa shape index (κ2) is 4.03. The minimum atomic E-state index is -0.450. The van der Waals surface area contributed by atoms with Crippen molar-refractivity contribution in [3.05, 3.63) is 18.2 Å². The van der Waals surface area contributed by atoms with E-state index in [2.05, 4.69) is 5.32 Å². The lowest BCUT2D eigenvalue weighted by Gasteiger charge is -2.25. The van der Waals surface area contributed by atoms with Gasteiger partial charge in [0.15, 0.2) is 11.5 Å². The summed E-state index contributed by atoms with van der Waals surface area (Å²) in [7, 11) is 0. The number of carbonyl (C=O) groups excluding carboxylic acids is 2. The van der Waals surface area contributed by atoms with Gasteiger partial charge in [-0.3, -0.25) is 0 Å². The number of anilines is 1. The normalized spacial score (nSPS) is 25.8. The van der Waals surface area contributed by atoms with Gasteiger partial charge in [-0.25, -0.2) is 9.59 Å². The zero-order valence-electron chi connectivity index (χ0n) is 10.5. The maximum atomic E-state index is 12.2. The van der Waals surface area contributed by atoms with Crippen molar-refractivity contribution < 1.29 is 23.8 Å². The quantitative estimate of drug-likeness (QED) is 0.773. The van der Waals surface area contributed by atoms with Gasteiger partial charge in [-0.2, -0.15) is 0 Å². The molecule has 2 atom stereocenters. The highest BCUT2D eigenvalue weighted by Gasteiger charge is 2.48. The zero-order chi connectivity index (χ0) is 13.7. The average Bonchev–Trinajstić information content (AvgIpc) is 3.11. The Labute approximate surface area is 114 Å². The second-order valence-corrected chi connectivity index (χ2v) is 4.96. The molecule has 20 heavy (non-hydrogen) atoms. The van der Waals surface area contributed by atoms with Gasteiger partial charge in [-0.15, -0.1) is 0 Å². The van der Waals surface area contributed by atoms with E-state index in [1.807, 2.05) is 0 Å². The summed E-state index contributed by atoms with van der Waals surface area (Å²) < 4.78 is 15.5. The van der Waals surface area contributed by atoms with Crippen molar-refractivity contribution >= 4 is 17.7 Å². The molecular formula is C13H12N2O5. The molecule has 1 aromatic carbocycles. The van der Waals surface area contributed by atoms with E-state index in [4.69, 9.17) is 14.2 Å². The van der Waals surface area contributed by atoms with E-state index in [0.29, 0.717) is 30.2 Å². The highest BCUT2D eigenvalue weighted by molar-refractivity contribution is 5.94. The molecule has 3 aliphatic rings. The number of rotatable bonds is 1. The van der Waals surface area contributed by atoms with Gasteiger partial charge in [-0.05, 0) is 12.1 Å². The van der Waals surface area contributed by atoms with Crippen LogP contribution in [-0.4, -0.2) is 42.4 Å². The Balaban J connectivity index is 1.49. The molecule has 2 bridgehead atoms. The smallest absolute Gasteiger partial charge is 0.329 e. The molecule has 3 heterocycles. The summed E-state index contributed by atoms with van der Waals surface area (Å²) in [6.45, 7) is 0.640. The van der Waals surface area contributed by atoms with Crippen LogP contribution in [0.25, 0.3) is 0 Å². The predicted molar refractivity (Wildman–Crippen MR) is 66.6 cm³/mol. The highest BCUT2D eigenvalue weighted by atomic mass is 16.7. The van der Waals surface area contributed by atoms with Crippen LogP contribution in [-0.2, 0) is 9.53 Å². The van der Waals surface area contributed by atoms with Crippen LogP contribution >= 0.6 is 0 Å².